The summed E-state index contributed by atoms with van der Waals surface area (Å²) in [6.45, 7) is 4.99. The molecule has 1 aromatic carbocycles. The molecule has 2 aromatic rings. The Hall–Kier alpha value is -1.88. The molecule has 0 radical (unpaired) electrons. The third-order valence-electron chi connectivity index (χ3n) is 3.35. The highest BCUT2D eigenvalue weighted by atomic mass is 15.3. The highest BCUT2D eigenvalue weighted by Gasteiger charge is 2.22. The Labute approximate surface area is 106 Å². The van der Waals surface area contributed by atoms with Crippen molar-refractivity contribution < 1.29 is 0 Å². The van der Waals surface area contributed by atoms with Crippen LogP contribution in [-0.4, -0.2) is 35.6 Å². The standard InChI is InChI=1S/C13H17N5/c1-9-8-15-6-7-18(9)13-12(14)16-10-4-2-3-5-11(10)17-13/h2-5,9,15H,6-8H2,1H3,(H2,14,16). The summed E-state index contributed by atoms with van der Waals surface area (Å²) >= 11 is 0. The van der Waals surface area contributed by atoms with Gasteiger partial charge in [-0.25, -0.2) is 9.97 Å². The Morgan fingerprint density at radius 1 is 1.28 bits per heavy atom. The molecule has 2 heterocycles. The quantitative estimate of drug-likeness (QED) is 0.782. The van der Waals surface area contributed by atoms with Crippen LogP contribution in [0.4, 0.5) is 11.6 Å². The lowest BCUT2D eigenvalue weighted by Gasteiger charge is -2.35. The molecule has 5 nitrogen and oxygen atoms in total. The number of benzene rings is 1. The number of rotatable bonds is 1. The van der Waals surface area contributed by atoms with Crippen LogP contribution in [-0.2, 0) is 0 Å². The first-order valence-corrected chi connectivity index (χ1v) is 6.25. The van der Waals surface area contributed by atoms with Crippen LogP contribution >= 0.6 is 0 Å². The Morgan fingerprint density at radius 3 is 2.72 bits per heavy atom. The van der Waals surface area contributed by atoms with Gasteiger partial charge in [0.05, 0.1) is 11.0 Å². The van der Waals surface area contributed by atoms with Crippen molar-refractivity contribution in [2.24, 2.45) is 0 Å². The van der Waals surface area contributed by atoms with Gasteiger partial charge in [0.25, 0.3) is 0 Å². The second kappa shape index (κ2) is 4.42. The number of nitrogens with two attached hydrogens (primary N) is 1. The fourth-order valence-corrected chi connectivity index (χ4v) is 2.37. The van der Waals surface area contributed by atoms with Crippen molar-refractivity contribution in [3.63, 3.8) is 0 Å². The van der Waals surface area contributed by atoms with Gasteiger partial charge in [-0.3, -0.25) is 0 Å². The molecule has 1 unspecified atom stereocenters. The van der Waals surface area contributed by atoms with Crippen LogP contribution in [0, 0.1) is 0 Å². The van der Waals surface area contributed by atoms with Gasteiger partial charge in [-0.1, -0.05) is 12.1 Å². The van der Waals surface area contributed by atoms with E-state index < -0.39 is 0 Å². The normalized spacial score (nSPS) is 20.3. The number of hydrogen-bond donors (Lipinski definition) is 2. The molecule has 1 aromatic heterocycles. The fourth-order valence-electron chi connectivity index (χ4n) is 2.37. The van der Waals surface area contributed by atoms with Crippen LogP contribution in [0.25, 0.3) is 11.0 Å². The zero-order chi connectivity index (χ0) is 12.5. The van der Waals surface area contributed by atoms with Crippen molar-refractivity contribution in [2.45, 2.75) is 13.0 Å². The summed E-state index contributed by atoms with van der Waals surface area (Å²) in [5.74, 6) is 1.32. The van der Waals surface area contributed by atoms with Gasteiger partial charge in [-0.2, -0.15) is 0 Å². The average molecular weight is 243 g/mol. The molecule has 3 rings (SSSR count). The van der Waals surface area contributed by atoms with Crippen molar-refractivity contribution in [3.05, 3.63) is 24.3 Å². The molecular formula is C13H17N5. The van der Waals surface area contributed by atoms with Crippen molar-refractivity contribution in [3.8, 4) is 0 Å². The summed E-state index contributed by atoms with van der Waals surface area (Å²) < 4.78 is 0. The summed E-state index contributed by atoms with van der Waals surface area (Å²) in [6.07, 6.45) is 0. The minimum atomic E-state index is 0.386. The van der Waals surface area contributed by atoms with Crippen molar-refractivity contribution in [1.82, 2.24) is 15.3 Å². The Balaban J connectivity index is 2.07. The largest absolute Gasteiger partial charge is 0.381 e. The summed E-state index contributed by atoms with van der Waals surface area (Å²) in [4.78, 5) is 11.3. The maximum atomic E-state index is 6.04. The van der Waals surface area contributed by atoms with Gasteiger partial charge in [-0.15, -0.1) is 0 Å². The number of aromatic nitrogens is 2. The van der Waals surface area contributed by atoms with Gasteiger partial charge in [0.2, 0.25) is 0 Å². The molecule has 5 heteroatoms. The second-order valence-electron chi connectivity index (χ2n) is 4.67. The van der Waals surface area contributed by atoms with Gasteiger partial charge < -0.3 is 16.0 Å². The van der Waals surface area contributed by atoms with Crippen LogP contribution in [0.5, 0.6) is 0 Å². The first kappa shape index (κ1) is 11.2. The number of nitrogens with one attached hydrogen (secondary N) is 1. The minimum absolute atomic E-state index is 0.386. The molecule has 1 atom stereocenters. The third kappa shape index (κ3) is 1.86. The lowest BCUT2D eigenvalue weighted by molar-refractivity contribution is 0.498. The number of fused-ring (bicyclic) bond motifs is 1. The van der Waals surface area contributed by atoms with E-state index in [1.165, 1.54) is 0 Å². The first-order chi connectivity index (χ1) is 8.75. The summed E-state index contributed by atoms with van der Waals surface area (Å²) in [6, 6.07) is 8.21. The minimum Gasteiger partial charge on any atom is -0.381 e. The van der Waals surface area contributed by atoms with Crippen LogP contribution in [0.3, 0.4) is 0 Å². The van der Waals surface area contributed by atoms with Crippen molar-refractivity contribution in [1.29, 1.82) is 0 Å². The molecule has 1 aliphatic rings. The highest BCUT2D eigenvalue weighted by molar-refractivity contribution is 5.79. The highest BCUT2D eigenvalue weighted by Crippen LogP contribution is 2.24. The Morgan fingerprint density at radius 2 is 2.00 bits per heavy atom. The molecule has 1 aliphatic heterocycles. The topological polar surface area (TPSA) is 67.1 Å². The zero-order valence-corrected chi connectivity index (χ0v) is 10.4. The lowest BCUT2D eigenvalue weighted by Crippen LogP contribution is -2.50. The number of nitrogens with zero attached hydrogens (tertiary/aromatic N) is 3. The van der Waals surface area contributed by atoms with Crippen LogP contribution in [0.1, 0.15) is 6.92 Å². The van der Waals surface area contributed by atoms with Gasteiger partial charge in [0, 0.05) is 25.7 Å². The van der Waals surface area contributed by atoms with Crippen molar-refractivity contribution >= 4 is 22.7 Å². The summed E-state index contributed by atoms with van der Waals surface area (Å²) in [5, 5.41) is 3.36. The molecule has 0 spiro atoms. The fraction of sp³-hybridized carbons (Fsp3) is 0.385. The molecule has 0 aliphatic carbocycles. The van der Waals surface area contributed by atoms with Crippen LogP contribution in [0.2, 0.25) is 0 Å². The molecule has 3 N–H and O–H groups in total. The summed E-state index contributed by atoms with van der Waals surface area (Å²) in [7, 11) is 0. The smallest absolute Gasteiger partial charge is 0.172 e. The van der Waals surface area contributed by atoms with Gasteiger partial charge in [-0.05, 0) is 19.1 Å². The SMILES string of the molecule is CC1CNCCN1c1nc2ccccc2nc1N. The van der Waals surface area contributed by atoms with E-state index >= 15 is 0 Å². The van der Waals surface area contributed by atoms with Gasteiger partial charge in [0.15, 0.2) is 11.6 Å². The number of nitrogen functional groups attached to an aromatic ring is 1. The molecule has 18 heavy (non-hydrogen) atoms. The van der Waals surface area contributed by atoms with E-state index in [0.717, 1.165) is 36.5 Å². The van der Waals surface area contributed by atoms with Crippen LogP contribution < -0.4 is 16.0 Å². The maximum Gasteiger partial charge on any atom is 0.172 e. The van der Waals surface area contributed by atoms with E-state index in [1.54, 1.807) is 0 Å². The first-order valence-electron chi connectivity index (χ1n) is 6.25. The molecule has 0 saturated carbocycles. The van der Waals surface area contributed by atoms with Crippen LogP contribution in [0.15, 0.2) is 24.3 Å². The van der Waals surface area contributed by atoms with Gasteiger partial charge in [0.1, 0.15) is 0 Å². The van der Waals surface area contributed by atoms with E-state index in [0.29, 0.717) is 11.9 Å². The van der Waals surface area contributed by atoms with E-state index in [2.05, 4.69) is 27.1 Å². The predicted molar refractivity (Wildman–Crippen MR) is 73.6 cm³/mol. The molecule has 0 amide bonds. The van der Waals surface area contributed by atoms with Crippen molar-refractivity contribution in [2.75, 3.05) is 30.3 Å². The monoisotopic (exact) mass is 243 g/mol. The summed E-state index contributed by atoms with van der Waals surface area (Å²) in [5.41, 5.74) is 7.79. The van der Waals surface area contributed by atoms with E-state index in [9.17, 15) is 0 Å². The number of hydrogen-bond acceptors (Lipinski definition) is 5. The third-order valence-corrected chi connectivity index (χ3v) is 3.35. The zero-order valence-electron chi connectivity index (χ0n) is 10.4. The number of piperazine rings is 1. The average Bonchev–Trinajstić information content (AvgIpc) is 2.39. The maximum absolute atomic E-state index is 6.04. The lowest BCUT2D eigenvalue weighted by atomic mass is 10.2. The number of para-hydroxylation sites is 2. The molecule has 94 valence electrons. The molecular weight excluding hydrogens is 226 g/mol. The number of anilines is 2. The Kier molecular flexibility index (Phi) is 2.76. The van der Waals surface area contributed by atoms with E-state index in [4.69, 9.17) is 5.73 Å². The molecule has 0 bridgehead atoms. The van der Waals surface area contributed by atoms with Gasteiger partial charge >= 0.3 is 0 Å². The molecule has 1 fully saturated rings. The van der Waals surface area contributed by atoms with E-state index in [-0.39, 0.29) is 0 Å². The van der Waals surface area contributed by atoms with E-state index in [1.807, 2.05) is 24.3 Å². The predicted octanol–water partition coefficient (Wildman–Crippen LogP) is 1.01. The second-order valence-corrected chi connectivity index (χ2v) is 4.67. The molecule has 1 saturated heterocycles. The Bertz CT molecular complexity index is 568.